The van der Waals surface area contributed by atoms with Crippen LogP contribution in [0.1, 0.15) is 26.3 Å². The fourth-order valence-corrected chi connectivity index (χ4v) is 2.81. The van der Waals surface area contributed by atoms with Crippen molar-refractivity contribution in [3.63, 3.8) is 0 Å². The number of fused-ring (bicyclic) bond motifs is 4. The summed E-state index contributed by atoms with van der Waals surface area (Å²) >= 11 is 0. The molecule has 100 valence electrons. The van der Waals surface area contributed by atoms with Gasteiger partial charge in [-0.15, -0.1) is 0 Å². The second-order valence-corrected chi connectivity index (χ2v) is 5.00. The van der Waals surface area contributed by atoms with E-state index in [0.29, 0.717) is 27.9 Å². The number of rotatable bonds is 1. The van der Waals surface area contributed by atoms with Gasteiger partial charge in [0, 0.05) is 22.1 Å². The molecule has 0 bridgehead atoms. The number of hydrogen-bond donors (Lipinski definition) is 1. The van der Waals surface area contributed by atoms with E-state index in [1.165, 1.54) is 0 Å². The van der Waals surface area contributed by atoms with Crippen LogP contribution in [0.2, 0.25) is 0 Å². The highest BCUT2D eigenvalue weighted by molar-refractivity contribution is 6.22. The molecule has 1 aliphatic carbocycles. The zero-order chi connectivity index (χ0) is 14.6. The second kappa shape index (κ2) is 3.99. The van der Waals surface area contributed by atoms with Gasteiger partial charge < -0.3 is 5.73 Å². The van der Waals surface area contributed by atoms with Gasteiger partial charge in [0.25, 0.3) is 5.91 Å². The van der Waals surface area contributed by atoms with Gasteiger partial charge >= 0.3 is 0 Å². The molecule has 3 aromatic rings. The summed E-state index contributed by atoms with van der Waals surface area (Å²) in [7, 11) is 0. The number of amides is 1. The Labute approximate surface area is 120 Å². The van der Waals surface area contributed by atoms with Crippen molar-refractivity contribution in [3.8, 4) is 11.3 Å². The Morgan fingerprint density at radius 2 is 1.71 bits per heavy atom. The normalized spacial score (nSPS) is 12.3. The molecule has 1 aromatic heterocycles. The van der Waals surface area contributed by atoms with Crippen molar-refractivity contribution in [1.29, 1.82) is 0 Å². The lowest BCUT2D eigenvalue weighted by Gasteiger charge is -2.05. The van der Waals surface area contributed by atoms with Crippen LogP contribution in [-0.4, -0.2) is 16.7 Å². The summed E-state index contributed by atoms with van der Waals surface area (Å²) in [5.74, 6) is -0.551. The monoisotopic (exact) mass is 274 g/mol. The Morgan fingerprint density at radius 3 is 2.48 bits per heavy atom. The Balaban J connectivity index is 2.12. The van der Waals surface area contributed by atoms with Crippen molar-refractivity contribution < 1.29 is 9.59 Å². The number of carbonyl (C=O) groups excluding carboxylic acids is 2. The third-order valence-electron chi connectivity index (χ3n) is 3.78. The van der Waals surface area contributed by atoms with Gasteiger partial charge in [0.1, 0.15) is 0 Å². The predicted molar refractivity (Wildman–Crippen MR) is 79.1 cm³/mol. The topological polar surface area (TPSA) is 73.1 Å². The van der Waals surface area contributed by atoms with Gasteiger partial charge in [-0.3, -0.25) is 9.59 Å². The summed E-state index contributed by atoms with van der Waals surface area (Å²) in [6.07, 6.45) is 0. The van der Waals surface area contributed by atoms with Gasteiger partial charge in [-0.2, -0.15) is 0 Å². The minimum Gasteiger partial charge on any atom is -0.366 e. The summed E-state index contributed by atoms with van der Waals surface area (Å²) in [4.78, 5) is 28.5. The summed E-state index contributed by atoms with van der Waals surface area (Å²) in [5, 5.41) is 0.742. The van der Waals surface area contributed by atoms with Crippen LogP contribution in [0.3, 0.4) is 0 Å². The number of aromatic nitrogens is 1. The van der Waals surface area contributed by atoms with E-state index < -0.39 is 5.91 Å². The summed E-state index contributed by atoms with van der Waals surface area (Å²) in [6, 6.07) is 14.3. The van der Waals surface area contributed by atoms with E-state index in [-0.39, 0.29) is 5.78 Å². The molecular weight excluding hydrogens is 264 g/mol. The molecule has 0 aliphatic heterocycles. The first-order valence-corrected chi connectivity index (χ1v) is 6.54. The fraction of sp³-hybridized carbons (Fsp3) is 0. The highest BCUT2D eigenvalue weighted by Gasteiger charge is 2.28. The first-order valence-electron chi connectivity index (χ1n) is 6.54. The lowest BCUT2D eigenvalue weighted by Crippen LogP contribution is -2.12. The number of nitrogens with zero attached hydrogens (tertiary/aromatic N) is 1. The molecule has 0 saturated carbocycles. The van der Waals surface area contributed by atoms with Crippen LogP contribution in [0.25, 0.3) is 22.2 Å². The average Bonchev–Trinajstić information content (AvgIpc) is 2.78. The Kier molecular flexibility index (Phi) is 2.24. The number of hydrogen-bond acceptors (Lipinski definition) is 3. The molecule has 0 saturated heterocycles. The predicted octanol–water partition coefficient (Wildman–Crippen LogP) is 2.55. The molecule has 1 amide bonds. The van der Waals surface area contributed by atoms with Gasteiger partial charge in [-0.1, -0.05) is 36.4 Å². The van der Waals surface area contributed by atoms with Gasteiger partial charge in [0.15, 0.2) is 5.78 Å². The Morgan fingerprint density at radius 1 is 0.952 bits per heavy atom. The van der Waals surface area contributed by atoms with E-state index >= 15 is 0 Å². The Hall–Kier alpha value is -3.01. The third kappa shape index (κ3) is 1.53. The maximum Gasteiger partial charge on any atom is 0.250 e. The number of pyridine rings is 1. The lowest BCUT2D eigenvalue weighted by atomic mass is 10.1. The molecule has 0 spiro atoms. The minimum absolute atomic E-state index is 0.0283. The molecule has 2 aromatic carbocycles. The molecular formula is C17H10N2O2. The van der Waals surface area contributed by atoms with Crippen LogP contribution in [-0.2, 0) is 0 Å². The van der Waals surface area contributed by atoms with Crippen molar-refractivity contribution in [2.45, 2.75) is 0 Å². The highest BCUT2D eigenvalue weighted by atomic mass is 16.1. The Bertz CT molecular complexity index is 945. The molecule has 0 unspecified atom stereocenters. The number of para-hydroxylation sites is 1. The van der Waals surface area contributed by atoms with Crippen LogP contribution in [0.4, 0.5) is 0 Å². The zero-order valence-corrected chi connectivity index (χ0v) is 11.0. The highest BCUT2D eigenvalue weighted by Crippen LogP contribution is 2.36. The van der Waals surface area contributed by atoms with Gasteiger partial charge in [-0.25, -0.2) is 4.98 Å². The molecule has 21 heavy (non-hydrogen) atoms. The number of benzene rings is 2. The summed E-state index contributed by atoms with van der Waals surface area (Å²) in [6.45, 7) is 0. The van der Waals surface area contributed by atoms with Crippen molar-refractivity contribution in [3.05, 3.63) is 65.2 Å². The SMILES string of the molecule is NC(=O)c1cccc2cc3c(nc12)-c1ccccc1C3=O. The molecule has 1 aliphatic rings. The van der Waals surface area contributed by atoms with Crippen LogP contribution < -0.4 is 5.73 Å². The number of nitrogens with two attached hydrogens (primary N) is 1. The maximum absolute atomic E-state index is 12.4. The molecule has 4 heteroatoms. The first kappa shape index (κ1) is 11.8. The lowest BCUT2D eigenvalue weighted by molar-refractivity contribution is 0.1000. The summed E-state index contributed by atoms with van der Waals surface area (Å²) < 4.78 is 0. The molecule has 0 radical (unpaired) electrons. The quantitative estimate of drug-likeness (QED) is 0.579. The average molecular weight is 274 g/mol. The van der Waals surface area contributed by atoms with E-state index in [1.54, 1.807) is 24.3 Å². The standard InChI is InChI=1S/C17H10N2O2/c18-17(21)12-7-3-4-9-8-13-15(19-14(9)12)10-5-1-2-6-11(10)16(13)20/h1-8H,(H2,18,21). The number of carbonyl (C=O) groups is 2. The second-order valence-electron chi connectivity index (χ2n) is 5.00. The fourth-order valence-electron chi connectivity index (χ4n) is 2.81. The zero-order valence-electron chi connectivity index (χ0n) is 11.0. The van der Waals surface area contributed by atoms with E-state index in [2.05, 4.69) is 4.98 Å². The molecule has 0 atom stereocenters. The third-order valence-corrected chi connectivity index (χ3v) is 3.78. The number of primary amides is 1. The number of ketones is 1. The van der Waals surface area contributed by atoms with E-state index in [9.17, 15) is 9.59 Å². The van der Waals surface area contributed by atoms with Crippen molar-refractivity contribution >= 4 is 22.6 Å². The minimum atomic E-state index is -0.523. The molecule has 2 N–H and O–H groups in total. The van der Waals surface area contributed by atoms with Gasteiger partial charge in [0.05, 0.1) is 16.8 Å². The van der Waals surface area contributed by atoms with Crippen molar-refractivity contribution in [2.24, 2.45) is 5.73 Å². The smallest absolute Gasteiger partial charge is 0.250 e. The first-order chi connectivity index (χ1) is 10.2. The molecule has 4 nitrogen and oxygen atoms in total. The molecule has 4 rings (SSSR count). The summed E-state index contributed by atoms with van der Waals surface area (Å²) in [5.41, 5.74) is 8.95. The van der Waals surface area contributed by atoms with Crippen LogP contribution >= 0.6 is 0 Å². The van der Waals surface area contributed by atoms with Crippen molar-refractivity contribution in [1.82, 2.24) is 4.98 Å². The van der Waals surface area contributed by atoms with E-state index in [0.717, 1.165) is 10.9 Å². The largest absolute Gasteiger partial charge is 0.366 e. The van der Waals surface area contributed by atoms with Crippen LogP contribution in [0, 0.1) is 0 Å². The van der Waals surface area contributed by atoms with Crippen LogP contribution in [0.15, 0.2) is 48.5 Å². The van der Waals surface area contributed by atoms with Gasteiger partial charge in [-0.05, 0) is 12.1 Å². The maximum atomic E-state index is 12.4. The van der Waals surface area contributed by atoms with E-state index in [4.69, 9.17) is 5.73 Å². The van der Waals surface area contributed by atoms with E-state index in [1.807, 2.05) is 24.3 Å². The molecule has 0 fully saturated rings. The van der Waals surface area contributed by atoms with Gasteiger partial charge in [0.2, 0.25) is 0 Å². The molecule has 1 heterocycles. The van der Waals surface area contributed by atoms with Crippen molar-refractivity contribution in [2.75, 3.05) is 0 Å². The van der Waals surface area contributed by atoms with Crippen LogP contribution in [0.5, 0.6) is 0 Å².